The highest BCUT2D eigenvalue weighted by Crippen LogP contribution is 2.23. The molecule has 2 aliphatic rings. The molecule has 1 heterocycles. The van der Waals surface area contributed by atoms with Gasteiger partial charge >= 0.3 is 6.03 Å². The van der Waals surface area contributed by atoms with Crippen molar-refractivity contribution in [3.8, 4) is 0 Å². The quantitative estimate of drug-likeness (QED) is 0.801. The molecule has 1 aliphatic heterocycles. The third-order valence-electron chi connectivity index (χ3n) is 4.28. The summed E-state index contributed by atoms with van der Waals surface area (Å²) in [5.41, 5.74) is 0. The fourth-order valence-electron chi connectivity index (χ4n) is 2.92. The number of amides is 2. The summed E-state index contributed by atoms with van der Waals surface area (Å²) in [6, 6.07) is 0.375. The Hall–Kier alpha value is -0.860. The standard InChI is InChI=1S/C12H24N4O3S/c1-13-20(18,19)16-9-7-15(8-10-16)12(17)14(2)11-5-3-4-6-11/h11,13H,3-10H2,1-2H3. The number of nitrogens with one attached hydrogen (secondary N) is 1. The first-order chi connectivity index (χ1) is 9.45. The average Bonchev–Trinajstić information content (AvgIpc) is 3.00. The number of urea groups is 1. The second-order valence-electron chi connectivity index (χ2n) is 5.43. The normalized spacial score (nSPS) is 22.2. The van der Waals surface area contributed by atoms with Crippen LogP contribution in [0.1, 0.15) is 25.7 Å². The van der Waals surface area contributed by atoms with E-state index in [0.717, 1.165) is 12.8 Å². The minimum absolute atomic E-state index is 0.0263. The lowest BCUT2D eigenvalue weighted by atomic mass is 10.2. The molecule has 20 heavy (non-hydrogen) atoms. The molecule has 1 aliphatic carbocycles. The van der Waals surface area contributed by atoms with Crippen LogP contribution in [-0.4, -0.2) is 74.9 Å². The van der Waals surface area contributed by atoms with Crippen molar-refractivity contribution in [3.63, 3.8) is 0 Å². The van der Waals surface area contributed by atoms with Gasteiger partial charge in [0, 0.05) is 46.3 Å². The third kappa shape index (κ3) is 3.24. The van der Waals surface area contributed by atoms with Crippen molar-refractivity contribution < 1.29 is 13.2 Å². The molecule has 0 aromatic rings. The molecule has 0 aromatic carbocycles. The Morgan fingerprint density at radius 3 is 2.20 bits per heavy atom. The summed E-state index contributed by atoms with van der Waals surface area (Å²) < 4.78 is 27.0. The Morgan fingerprint density at radius 2 is 1.70 bits per heavy atom. The van der Waals surface area contributed by atoms with Crippen molar-refractivity contribution in [1.82, 2.24) is 18.8 Å². The molecule has 1 N–H and O–H groups in total. The Morgan fingerprint density at radius 1 is 1.15 bits per heavy atom. The molecular formula is C12H24N4O3S. The van der Waals surface area contributed by atoms with Crippen LogP contribution in [0.4, 0.5) is 4.79 Å². The van der Waals surface area contributed by atoms with Gasteiger partial charge in [0.15, 0.2) is 0 Å². The van der Waals surface area contributed by atoms with Crippen LogP contribution >= 0.6 is 0 Å². The summed E-state index contributed by atoms with van der Waals surface area (Å²) in [6.07, 6.45) is 4.54. The lowest BCUT2D eigenvalue weighted by molar-refractivity contribution is 0.129. The van der Waals surface area contributed by atoms with Gasteiger partial charge in [-0.2, -0.15) is 12.7 Å². The highest BCUT2D eigenvalue weighted by Gasteiger charge is 2.31. The van der Waals surface area contributed by atoms with Crippen LogP contribution in [0.5, 0.6) is 0 Å². The largest absolute Gasteiger partial charge is 0.325 e. The number of nitrogens with zero attached hydrogens (tertiary/aromatic N) is 3. The van der Waals surface area contributed by atoms with Crippen LogP contribution in [0, 0.1) is 0 Å². The summed E-state index contributed by atoms with van der Waals surface area (Å²) in [6.45, 7) is 1.62. The van der Waals surface area contributed by atoms with Gasteiger partial charge in [0.25, 0.3) is 10.2 Å². The highest BCUT2D eigenvalue weighted by molar-refractivity contribution is 7.87. The van der Waals surface area contributed by atoms with Crippen LogP contribution in [0.25, 0.3) is 0 Å². The molecule has 8 heteroatoms. The van der Waals surface area contributed by atoms with Crippen LogP contribution < -0.4 is 4.72 Å². The smallest absolute Gasteiger partial charge is 0.320 e. The maximum Gasteiger partial charge on any atom is 0.320 e. The predicted molar refractivity (Wildman–Crippen MR) is 76.5 cm³/mol. The lowest BCUT2D eigenvalue weighted by Gasteiger charge is -2.37. The summed E-state index contributed by atoms with van der Waals surface area (Å²) in [4.78, 5) is 16.0. The van der Waals surface area contributed by atoms with E-state index in [1.54, 1.807) is 4.90 Å². The summed E-state index contributed by atoms with van der Waals surface area (Å²) in [7, 11) is -0.115. The van der Waals surface area contributed by atoms with Gasteiger partial charge in [0.1, 0.15) is 0 Å². The number of hydrogen-bond donors (Lipinski definition) is 1. The molecule has 2 rings (SSSR count). The molecule has 0 aromatic heterocycles. The van der Waals surface area contributed by atoms with Gasteiger partial charge < -0.3 is 9.80 Å². The van der Waals surface area contributed by atoms with Crippen LogP contribution in [0.15, 0.2) is 0 Å². The molecule has 2 fully saturated rings. The first-order valence-corrected chi connectivity index (χ1v) is 8.60. The van der Waals surface area contributed by atoms with Gasteiger partial charge in [-0.15, -0.1) is 0 Å². The first-order valence-electron chi connectivity index (χ1n) is 7.16. The van der Waals surface area contributed by atoms with Crippen molar-refractivity contribution in [2.24, 2.45) is 0 Å². The lowest BCUT2D eigenvalue weighted by Crippen LogP contribution is -2.55. The van der Waals surface area contributed by atoms with Crippen molar-refractivity contribution in [2.75, 3.05) is 40.3 Å². The van der Waals surface area contributed by atoms with E-state index < -0.39 is 10.2 Å². The zero-order valence-corrected chi connectivity index (χ0v) is 13.0. The minimum atomic E-state index is -3.37. The van der Waals surface area contributed by atoms with Crippen molar-refractivity contribution in [3.05, 3.63) is 0 Å². The van der Waals surface area contributed by atoms with Crippen molar-refractivity contribution in [1.29, 1.82) is 0 Å². The van der Waals surface area contributed by atoms with Crippen LogP contribution in [0.3, 0.4) is 0 Å². The van der Waals surface area contributed by atoms with E-state index in [4.69, 9.17) is 0 Å². The molecule has 2 amide bonds. The zero-order valence-electron chi connectivity index (χ0n) is 12.2. The Labute approximate surface area is 121 Å². The molecule has 0 spiro atoms. The SMILES string of the molecule is CNS(=O)(=O)N1CCN(C(=O)N(C)C2CCCC2)CC1. The molecule has 7 nitrogen and oxygen atoms in total. The van der Waals surface area contributed by atoms with E-state index in [0.29, 0.717) is 32.2 Å². The second kappa shape index (κ2) is 6.28. The maximum absolute atomic E-state index is 12.4. The maximum atomic E-state index is 12.4. The fraction of sp³-hybridized carbons (Fsp3) is 0.917. The van der Waals surface area contributed by atoms with E-state index in [9.17, 15) is 13.2 Å². The topological polar surface area (TPSA) is 73.0 Å². The molecule has 0 atom stereocenters. The molecule has 0 radical (unpaired) electrons. The first kappa shape index (κ1) is 15.5. The van der Waals surface area contributed by atoms with Gasteiger partial charge in [0.2, 0.25) is 0 Å². The van der Waals surface area contributed by atoms with E-state index >= 15 is 0 Å². The molecule has 116 valence electrons. The Balaban J connectivity index is 1.88. The molecule has 0 bridgehead atoms. The number of carbonyl (C=O) groups excluding carboxylic acids is 1. The van der Waals surface area contributed by atoms with E-state index in [1.165, 1.54) is 24.2 Å². The number of piperazine rings is 1. The van der Waals surface area contributed by atoms with E-state index in [1.807, 2.05) is 11.9 Å². The monoisotopic (exact) mass is 304 g/mol. The predicted octanol–water partition coefficient (Wildman–Crippen LogP) is 0.0626. The van der Waals surface area contributed by atoms with Gasteiger partial charge in [-0.3, -0.25) is 0 Å². The number of carbonyl (C=O) groups is 1. The van der Waals surface area contributed by atoms with Gasteiger partial charge in [0.05, 0.1) is 0 Å². The van der Waals surface area contributed by atoms with Gasteiger partial charge in [-0.1, -0.05) is 12.8 Å². The summed E-state index contributed by atoms with van der Waals surface area (Å²) in [5, 5.41) is 0. The molecule has 1 saturated carbocycles. The number of hydrogen-bond acceptors (Lipinski definition) is 3. The number of rotatable bonds is 3. The fourth-order valence-corrected chi connectivity index (χ4v) is 3.82. The summed E-state index contributed by atoms with van der Waals surface area (Å²) >= 11 is 0. The average molecular weight is 304 g/mol. The van der Waals surface area contributed by atoms with Gasteiger partial charge in [-0.05, 0) is 12.8 Å². The van der Waals surface area contributed by atoms with Crippen LogP contribution in [0.2, 0.25) is 0 Å². The van der Waals surface area contributed by atoms with E-state index in [-0.39, 0.29) is 6.03 Å². The zero-order chi connectivity index (χ0) is 14.8. The molecular weight excluding hydrogens is 280 g/mol. The van der Waals surface area contributed by atoms with Crippen molar-refractivity contribution in [2.45, 2.75) is 31.7 Å². The van der Waals surface area contributed by atoms with Crippen molar-refractivity contribution >= 4 is 16.2 Å². The molecule has 0 unspecified atom stereocenters. The highest BCUT2D eigenvalue weighted by atomic mass is 32.2. The van der Waals surface area contributed by atoms with Gasteiger partial charge in [-0.25, -0.2) is 9.52 Å². The summed E-state index contributed by atoms with van der Waals surface area (Å²) in [5.74, 6) is 0. The Bertz CT molecular complexity index is 440. The third-order valence-corrected chi connectivity index (χ3v) is 5.84. The van der Waals surface area contributed by atoms with Crippen LogP contribution in [-0.2, 0) is 10.2 Å². The second-order valence-corrected chi connectivity index (χ2v) is 7.30. The Kier molecular flexibility index (Phi) is 4.87. The molecule has 1 saturated heterocycles. The minimum Gasteiger partial charge on any atom is -0.325 e. The van der Waals surface area contributed by atoms with E-state index in [2.05, 4.69) is 4.72 Å².